The van der Waals surface area contributed by atoms with Gasteiger partial charge in [-0.25, -0.2) is 4.79 Å². The van der Waals surface area contributed by atoms with E-state index in [1.165, 1.54) is 0 Å². The minimum absolute atomic E-state index is 0.140. The Morgan fingerprint density at radius 1 is 1.64 bits per heavy atom. The fraction of sp³-hybridized carbons (Fsp3) is 0.400. The first kappa shape index (κ1) is 7.93. The summed E-state index contributed by atoms with van der Waals surface area (Å²) in [6.07, 6.45) is 0. The number of aromatic nitrogens is 2. The minimum Gasteiger partial charge on any atom is -0.475 e. The molecule has 0 aliphatic carbocycles. The summed E-state index contributed by atoms with van der Waals surface area (Å²) >= 11 is 1.07. The number of carbonyl (C=O) groups is 1. The summed E-state index contributed by atoms with van der Waals surface area (Å²) in [7, 11) is 3.57. The van der Waals surface area contributed by atoms with Crippen molar-refractivity contribution in [3.8, 4) is 0 Å². The average molecular weight is 173 g/mol. The Morgan fingerprint density at radius 2 is 2.27 bits per heavy atom. The molecule has 11 heavy (non-hydrogen) atoms. The Kier molecular flexibility index (Phi) is 2.04. The lowest BCUT2D eigenvalue weighted by Gasteiger charge is -2.03. The molecule has 0 fully saturated rings. The first-order valence-electron chi connectivity index (χ1n) is 2.85. The molecule has 1 aromatic heterocycles. The molecule has 0 radical (unpaired) electrons. The number of carboxylic acid groups (broad SMARTS) is 1. The third kappa shape index (κ3) is 1.64. The van der Waals surface area contributed by atoms with Crippen molar-refractivity contribution in [2.24, 2.45) is 0 Å². The van der Waals surface area contributed by atoms with Crippen LogP contribution >= 0.6 is 11.5 Å². The quantitative estimate of drug-likeness (QED) is 0.696. The Hall–Kier alpha value is -1.17. The largest absolute Gasteiger partial charge is 0.475 e. The molecule has 1 heterocycles. The molecule has 0 unspecified atom stereocenters. The molecule has 0 spiro atoms. The predicted octanol–water partition coefficient (Wildman–Crippen LogP) is 0.302. The zero-order chi connectivity index (χ0) is 8.43. The fourth-order valence-electron chi connectivity index (χ4n) is 0.484. The van der Waals surface area contributed by atoms with Crippen LogP contribution in [0.5, 0.6) is 0 Å². The molecular formula is C5H7N3O2S. The van der Waals surface area contributed by atoms with Crippen molar-refractivity contribution < 1.29 is 9.90 Å². The van der Waals surface area contributed by atoms with Crippen molar-refractivity contribution in [2.45, 2.75) is 0 Å². The zero-order valence-corrected chi connectivity index (χ0v) is 6.92. The van der Waals surface area contributed by atoms with Gasteiger partial charge < -0.3 is 10.0 Å². The van der Waals surface area contributed by atoms with Crippen molar-refractivity contribution in [1.29, 1.82) is 0 Å². The van der Waals surface area contributed by atoms with Crippen LogP contribution in [-0.2, 0) is 0 Å². The van der Waals surface area contributed by atoms with E-state index in [1.807, 2.05) is 0 Å². The number of hydrogen-bond donors (Lipinski definition) is 1. The lowest BCUT2D eigenvalue weighted by atomic mass is 10.6. The highest BCUT2D eigenvalue weighted by molar-refractivity contribution is 7.09. The highest BCUT2D eigenvalue weighted by Gasteiger charge is 2.10. The van der Waals surface area contributed by atoms with E-state index >= 15 is 0 Å². The Morgan fingerprint density at radius 3 is 2.55 bits per heavy atom. The maximum atomic E-state index is 10.3. The molecule has 0 saturated heterocycles. The molecule has 0 saturated carbocycles. The molecule has 1 aromatic rings. The van der Waals surface area contributed by atoms with Crippen LogP contribution in [0, 0.1) is 0 Å². The number of carboxylic acids is 1. The van der Waals surface area contributed by atoms with Crippen LogP contribution in [0.25, 0.3) is 0 Å². The second-order valence-electron chi connectivity index (χ2n) is 2.10. The van der Waals surface area contributed by atoms with Gasteiger partial charge in [0.15, 0.2) is 0 Å². The number of nitrogens with zero attached hydrogens (tertiary/aromatic N) is 3. The SMILES string of the molecule is CN(C)c1nc(C(=O)O)ns1. The van der Waals surface area contributed by atoms with Gasteiger partial charge in [0.2, 0.25) is 5.13 Å². The second kappa shape index (κ2) is 2.83. The molecule has 0 atom stereocenters. The van der Waals surface area contributed by atoms with E-state index in [4.69, 9.17) is 5.11 Å². The first-order valence-corrected chi connectivity index (χ1v) is 3.63. The van der Waals surface area contributed by atoms with Crippen molar-refractivity contribution in [1.82, 2.24) is 9.36 Å². The topological polar surface area (TPSA) is 66.3 Å². The van der Waals surface area contributed by atoms with Crippen LogP contribution < -0.4 is 4.90 Å². The normalized spacial score (nSPS) is 9.64. The average Bonchev–Trinajstić information content (AvgIpc) is 2.33. The smallest absolute Gasteiger partial charge is 0.375 e. The van der Waals surface area contributed by atoms with Crippen LogP contribution in [0.15, 0.2) is 0 Å². The van der Waals surface area contributed by atoms with Crippen LogP contribution in [0.3, 0.4) is 0 Å². The number of aromatic carboxylic acids is 1. The molecular weight excluding hydrogens is 166 g/mol. The Labute approximate surface area is 67.5 Å². The molecule has 0 bridgehead atoms. The molecule has 0 amide bonds. The zero-order valence-electron chi connectivity index (χ0n) is 6.11. The lowest BCUT2D eigenvalue weighted by molar-refractivity contribution is 0.0685. The minimum atomic E-state index is -1.09. The third-order valence-electron chi connectivity index (χ3n) is 0.989. The first-order chi connectivity index (χ1) is 5.11. The van der Waals surface area contributed by atoms with Gasteiger partial charge in [0.1, 0.15) is 0 Å². The maximum Gasteiger partial charge on any atom is 0.375 e. The van der Waals surface area contributed by atoms with Crippen LogP contribution in [0.4, 0.5) is 5.13 Å². The molecule has 0 aliphatic heterocycles. The van der Waals surface area contributed by atoms with Gasteiger partial charge in [-0.1, -0.05) is 0 Å². The summed E-state index contributed by atoms with van der Waals surface area (Å²) in [6.45, 7) is 0. The van der Waals surface area contributed by atoms with Crippen molar-refractivity contribution >= 4 is 22.6 Å². The van der Waals surface area contributed by atoms with Gasteiger partial charge in [-0.15, -0.1) is 0 Å². The van der Waals surface area contributed by atoms with E-state index in [2.05, 4.69) is 9.36 Å². The molecule has 60 valence electrons. The number of rotatable bonds is 2. The highest BCUT2D eigenvalue weighted by Crippen LogP contribution is 2.13. The van der Waals surface area contributed by atoms with Gasteiger partial charge in [-0.2, -0.15) is 9.36 Å². The van der Waals surface area contributed by atoms with E-state index in [1.54, 1.807) is 19.0 Å². The van der Waals surface area contributed by atoms with E-state index in [0.717, 1.165) is 11.5 Å². The van der Waals surface area contributed by atoms with Crippen LogP contribution in [-0.4, -0.2) is 34.5 Å². The second-order valence-corrected chi connectivity index (χ2v) is 2.83. The van der Waals surface area contributed by atoms with E-state index in [-0.39, 0.29) is 5.82 Å². The predicted molar refractivity (Wildman–Crippen MR) is 41.2 cm³/mol. The summed E-state index contributed by atoms with van der Waals surface area (Å²) in [5.74, 6) is -1.23. The highest BCUT2D eigenvalue weighted by atomic mass is 32.1. The van der Waals surface area contributed by atoms with Gasteiger partial charge in [-0.05, 0) is 0 Å². The molecule has 1 rings (SSSR count). The van der Waals surface area contributed by atoms with E-state index in [9.17, 15) is 4.79 Å². The Balaban J connectivity index is 2.90. The molecule has 1 N–H and O–H groups in total. The van der Waals surface area contributed by atoms with Gasteiger partial charge in [-0.3, -0.25) is 0 Å². The summed E-state index contributed by atoms with van der Waals surface area (Å²) in [5, 5.41) is 9.04. The van der Waals surface area contributed by atoms with E-state index in [0.29, 0.717) is 5.13 Å². The molecule has 0 aromatic carbocycles. The maximum absolute atomic E-state index is 10.3. The van der Waals surface area contributed by atoms with Gasteiger partial charge >= 0.3 is 5.97 Å². The van der Waals surface area contributed by atoms with E-state index < -0.39 is 5.97 Å². The fourth-order valence-corrected chi connectivity index (χ4v) is 1.06. The van der Waals surface area contributed by atoms with Crippen molar-refractivity contribution in [3.63, 3.8) is 0 Å². The number of anilines is 1. The van der Waals surface area contributed by atoms with Crippen LogP contribution in [0.1, 0.15) is 10.6 Å². The summed E-state index contributed by atoms with van der Waals surface area (Å²) in [6, 6.07) is 0. The monoisotopic (exact) mass is 173 g/mol. The lowest BCUT2D eigenvalue weighted by Crippen LogP contribution is -2.08. The van der Waals surface area contributed by atoms with Gasteiger partial charge in [0, 0.05) is 25.6 Å². The van der Waals surface area contributed by atoms with Crippen LogP contribution in [0.2, 0.25) is 0 Å². The molecule has 0 aliphatic rings. The van der Waals surface area contributed by atoms with Gasteiger partial charge in [0.25, 0.3) is 5.82 Å². The van der Waals surface area contributed by atoms with Crippen molar-refractivity contribution in [2.75, 3.05) is 19.0 Å². The summed E-state index contributed by atoms with van der Waals surface area (Å²) in [4.78, 5) is 15.8. The number of hydrogen-bond acceptors (Lipinski definition) is 5. The summed E-state index contributed by atoms with van der Waals surface area (Å²) in [5.41, 5.74) is 0. The Bertz CT molecular complexity index is 270. The standard InChI is InChI=1S/C5H7N3O2S/c1-8(2)5-6-3(4(9)10)7-11-5/h1-2H3,(H,9,10). The molecule has 5 nitrogen and oxygen atoms in total. The third-order valence-corrected chi connectivity index (χ3v) is 1.87. The van der Waals surface area contributed by atoms with Gasteiger partial charge in [0.05, 0.1) is 0 Å². The molecule has 6 heteroatoms. The summed E-state index contributed by atoms with van der Waals surface area (Å²) < 4.78 is 3.63. The van der Waals surface area contributed by atoms with Crippen molar-refractivity contribution in [3.05, 3.63) is 5.82 Å².